The van der Waals surface area contributed by atoms with E-state index < -0.39 is 11.4 Å². The van der Waals surface area contributed by atoms with Crippen LogP contribution >= 0.6 is 11.3 Å². The van der Waals surface area contributed by atoms with Gasteiger partial charge in [0.15, 0.2) is 0 Å². The van der Waals surface area contributed by atoms with Crippen molar-refractivity contribution in [1.29, 1.82) is 0 Å². The number of rotatable bonds is 4. The molecule has 0 aliphatic carbocycles. The van der Waals surface area contributed by atoms with Gasteiger partial charge in [-0.05, 0) is 6.92 Å². The van der Waals surface area contributed by atoms with Crippen LogP contribution in [-0.4, -0.2) is 39.9 Å². The van der Waals surface area contributed by atoms with Crippen LogP contribution in [0.1, 0.15) is 17.4 Å². The molecule has 0 aliphatic rings. The molecule has 0 radical (unpaired) electrons. The third-order valence-corrected chi connectivity index (χ3v) is 2.36. The molecule has 0 atom stereocenters. The molecule has 6 heteroatoms. The number of aliphatic hydroxyl groups excluding tert-OH is 2. The Bertz CT molecular complexity index is 296. The summed E-state index contributed by atoms with van der Waals surface area (Å²) in [6, 6.07) is 0. The zero-order chi connectivity index (χ0) is 10.6. The Kier molecular flexibility index (Phi) is 3.56. The molecule has 5 nitrogen and oxygen atoms in total. The van der Waals surface area contributed by atoms with Gasteiger partial charge < -0.3 is 15.5 Å². The van der Waals surface area contributed by atoms with Gasteiger partial charge in [-0.2, -0.15) is 0 Å². The van der Waals surface area contributed by atoms with Crippen molar-refractivity contribution < 1.29 is 15.0 Å². The molecule has 0 aromatic carbocycles. The van der Waals surface area contributed by atoms with Crippen LogP contribution in [0.15, 0.2) is 10.9 Å². The molecule has 1 rings (SSSR count). The fourth-order valence-corrected chi connectivity index (χ4v) is 1.32. The zero-order valence-corrected chi connectivity index (χ0v) is 8.54. The first kappa shape index (κ1) is 11.1. The van der Waals surface area contributed by atoms with Crippen LogP contribution in [0.25, 0.3) is 0 Å². The lowest BCUT2D eigenvalue weighted by Gasteiger charge is -2.25. The third kappa shape index (κ3) is 2.50. The smallest absolute Gasteiger partial charge is 0.271 e. The Hall–Kier alpha value is -0.980. The second-order valence-electron chi connectivity index (χ2n) is 3.20. The lowest BCUT2D eigenvalue weighted by atomic mass is 10.1. The fraction of sp³-hybridized carbons (Fsp3) is 0.500. The van der Waals surface area contributed by atoms with Gasteiger partial charge >= 0.3 is 0 Å². The van der Waals surface area contributed by atoms with Gasteiger partial charge in [0.05, 0.1) is 24.3 Å². The minimum Gasteiger partial charge on any atom is -0.394 e. The highest BCUT2D eigenvalue weighted by Gasteiger charge is 2.25. The van der Waals surface area contributed by atoms with Crippen molar-refractivity contribution in [2.45, 2.75) is 12.5 Å². The molecule has 14 heavy (non-hydrogen) atoms. The number of carbonyl (C=O) groups is 1. The highest BCUT2D eigenvalue weighted by molar-refractivity contribution is 7.07. The molecule has 0 spiro atoms. The molecule has 0 saturated carbocycles. The summed E-state index contributed by atoms with van der Waals surface area (Å²) in [5.74, 6) is -0.392. The van der Waals surface area contributed by atoms with E-state index in [1.807, 2.05) is 0 Å². The standard InChI is InChI=1S/C8H12N2O3S/c1-8(3-11,4-12)10-7(13)6-2-14-5-9-6/h2,5,11-12H,3-4H2,1H3,(H,10,13). The van der Waals surface area contributed by atoms with Crippen LogP contribution in [0.4, 0.5) is 0 Å². The first-order valence-corrected chi connectivity index (χ1v) is 4.98. The molecular formula is C8H12N2O3S. The maximum atomic E-state index is 11.5. The van der Waals surface area contributed by atoms with E-state index in [4.69, 9.17) is 10.2 Å². The Morgan fingerprint density at radius 3 is 2.71 bits per heavy atom. The van der Waals surface area contributed by atoms with Crippen molar-refractivity contribution >= 4 is 17.2 Å². The SMILES string of the molecule is CC(CO)(CO)NC(=O)c1cscn1. The molecule has 0 unspecified atom stereocenters. The third-order valence-electron chi connectivity index (χ3n) is 1.78. The Morgan fingerprint density at radius 2 is 2.29 bits per heavy atom. The molecular weight excluding hydrogens is 204 g/mol. The highest BCUT2D eigenvalue weighted by Crippen LogP contribution is 2.05. The molecule has 1 aromatic rings. The normalized spacial score (nSPS) is 11.4. The van der Waals surface area contributed by atoms with Crippen molar-refractivity contribution in [3.8, 4) is 0 Å². The Balaban J connectivity index is 2.65. The molecule has 0 fully saturated rings. The fourth-order valence-electron chi connectivity index (χ4n) is 0.792. The van der Waals surface area contributed by atoms with E-state index in [1.54, 1.807) is 17.8 Å². The van der Waals surface area contributed by atoms with Gasteiger partial charge in [0.1, 0.15) is 5.69 Å². The average Bonchev–Trinajstić information content (AvgIpc) is 2.70. The summed E-state index contributed by atoms with van der Waals surface area (Å²) >= 11 is 1.31. The number of hydrogen-bond acceptors (Lipinski definition) is 5. The summed E-state index contributed by atoms with van der Waals surface area (Å²) in [6.07, 6.45) is 0. The molecule has 1 heterocycles. The molecule has 0 bridgehead atoms. The van der Waals surface area contributed by atoms with Crippen molar-refractivity contribution in [1.82, 2.24) is 10.3 Å². The maximum Gasteiger partial charge on any atom is 0.271 e. The summed E-state index contributed by atoms with van der Waals surface area (Å²) in [5, 5.41) is 22.0. The lowest BCUT2D eigenvalue weighted by molar-refractivity contribution is 0.0720. The van der Waals surface area contributed by atoms with Crippen LogP contribution in [0.2, 0.25) is 0 Å². The minimum atomic E-state index is -0.999. The van der Waals surface area contributed by atoms with E-state index in [0.29, 0.717) is 5.69 Å². The largest absolute Gasteiger partial charge is 0.394 e. The van der Waals surface area contributed by atoms with E-state index >= 15 is 0 Å². The molecule has 0 aliphatic heterocycles. The molecule has 3 N–H and O–H groups in total. The van der Waals surface area contributed by atoms with E-state index in [1.165, 1.54) is 11.3 Å². The van der Waals surface area contributed by atoms with Gasteiger partial charge in [-0.1, -0.05) is 0 Å². The van der Waals surface area contributed by atoms with Gasteiger partial charge in [0.2, 0.25) is 0 Å². The Morgan fingerprint density at radius 1 is 1.64 bits per heavy atom. The average molecular weight is 216 g/mol. The van der Waals surface area contributed by atoms with E-state index in [0.717, 1.165) is 0 Å². The molecule has 1 aromatic heterocycles. The lowest BCUT2D eigenvalue weighted by Crippen LogP contribution is -2.51. The number of carbonyl (C=O) groups excluding carboxylic acids is 1. The number of thiazole rings is 1. The monoisotopic (exact) mass is 216 g/mol. The van der Waals surface area contributed by atoms with E-state index in [-0.39, 0.29) is 13.2 Å². The number of hydrogen-bond donors (Lipinski definition) is 3. The summed E-state index contributed by atoms with van der Waals surface area (Å²) in [4.78, 5) is 15.3. The first-order valence-electron chi connectivity index (χ1n) is 4.04. The Labute approximate surface area is 85.4 Å². The minimum absolute atomic E-state index is 0.295. The summed E-state index contributed by atoms with van der Waals surface area (Å²) in [7, 11) is 0. The van der Waals surface area contributed by atoms with Crippen molar-refractivity contribution in [3.63, 3.8) is 0 Å². The van der Waals surface area contributed by atoms with Gasteiger partial charge in [0.25, 0.3) is 5.91 Å². The number of amides is 1. The van der Waals surface area contributed by atoms with Crippen LogP contribution in [0.5, 0.6) is 0 Å². The first-order chi connectivity index (χ1) is 6.61. The molecule has 78 valence electrons. The second-order valence-corrected chi connectivity index (χ2v) is 3.92. The highest BCUT2D eigenvalue weighted by atomic mass is 32.1. The van der Waals surface area contributed by atoms with Crippen LogP contribution < -0.4 is 5.32 Å². The van der Waals surface area contributed by atoms with Gasteiger partial charge in [0, 0.05) is 5.38 Å². The molecule has 1 amide bonds. The number of nitrogens with zero attached hydrogens (tertiary/aromatic N) is 1. The van der Waals surface area contributed by atoms with Crippen molar-refractivity contribution in [3.05, 3.63) is 16.6 Å². The number of nitrogens with one attached hydrogen (secondary N) is 1. The van der Waals surface area contributed by atoms with Crippen LogP contribution in [-0.2, 0) is 0 Å². The van der Waals surface area contributed by atoms with Gasteiger partial charge in [-0.15, -0.1) is 11.3 Å². The van der Waals surface area contributed by atoms with Gasteiger partial charge in [-0.25, -0.2) is 4.98 Å². The van der Waals surface area contributed by atoms with Crippen LogP contribution in [0, 0.1) is 0 Å². The van der Waals surface area contributed by atoms with E-state index in [9.17, 15) is 4.79 Å². The quantitative estimate of drug-likeness (QED) is 0.640. The second kappa shape index (κ2) is 4.50. The van der Waals surface area contributed by atoms with Crippen LogP contribution in [0.3, 0.4) is 0 Å². The summed E-state index contributed by atoms with van der Waals surface area (Å²) < 4.78 is 0. The zero-order valence-electron chi connectivity index (χ0n) is 7.73. The predicted molar refractivity (Wildman–Crippen MR) is 52.2 cm³/mol. The van der Waals surface area contributed by atoms with Gasteiger partial charge in [-0.3, -0.25) is 4.79 Å². The number of aliphatic hydroxyl groups is 2. The summed E-state index contributed by atoms with van der Waals surface area (Å²) in [6.45, 7) is 0.913. The number of aromatic nitrogens is 1. The van der Waals surface area contributed by atoms with Crippen molar-refractivity contribution in [2.75, 3.05) is 13.2 Å². The maximum absolute atomic E-state index is 11.5. The molecule has 0 saturated heterocycles. The topological polar surface area (TPSA) is 82.5 Å². The van der Waals surface area contributed by atoms with Crippen molar-refractivity contribution in [2.24, 2.45) is 0 Å². The van der Waals surface area contributed by atoms with E-state index in [2.05, 4.69) is 10.3 Å². The summed E-state index contributed by atoms with van der Waals surface area (Å²) in [5.41, 5.74) is 0.841. The predicted octanol–water partition coefficient (Wildman–Crippen LogP) is -0.384.